The minimum atomic E-state index is -0.251. The van der Waals surface area contributed by atoms with Crippen LogP contribution in [0.4, 0.5) is 5.69 Å². The Kier molecular flexibility index (Phi) is 5.00. The van der Waals surface area contributed by atoms with Crippen molar-refractivity contribution in [3.8, 4) is 17.2 Å². The van der Waals surface area contributed by atoms with E-state index in [0.717, 1.165) is 11.1 Å². The van der Waals surface area contributed by atoms with Crippen molar-refractivity contribution in [2.24, 2.45) is 0 Å². The molecule has 4 rings (SSSR count). The number of hydrogen-bond donors (Lipinski definition) is 1. The normalized spacial score (nSPS) is 10.8. The Morgan fingerprint density at radius 3 is 2.71 bits per heavy atom. The maximum atomic E-state index is 12.2. The van der Waals surface area contributed by atoms with Crippen LogP contribution in [0.2, 0.25) is 5.02 Å². The molecule has 6 heteroatoms. The minimum Gasteiger partial charge on any atom is -0.484 e. The van der Waals surface area contributed by atoms with Gasteiger partial charge >= 0.3 is 0 Å². The first-order chi connectivity index (χ1) is 13.6. The van der Waals surface area contributed by atoms with Crippen molar-refractivity contribution in [2.45, 2.75) is 6.92 Å². The van der Waals surface area contributed by atoms with Gasteiger partial charge in [0.1, 0.15) is 11.3 Å². The molecule has 0 aliphatic heterocycles. The van der Waals surface area contributed by atoms with Gasteiger partial charge in [0.2, 0.25) is 5.89 Å². The van der Waals surface area contributed by atoms with Gasteiger partial charge in [-0.25, -0.2) is 4.98 Å². The average Bonchev–Trinajstić information content (AvgIpc) is 3.11. The van der Waals surface area contributed by atoms with Crippen LogP contribution in [-0.2, 0) is 4.79 Å². The zero-order valence-corrected chi connectivity index (χ0v) is 15.9. The predicted molar refractivity (Wildman–Crippen MR) is 110 cm³/mol. The molecule has 4 aromatic rings. The summed E-state index contributed by atoms with van der Waals surface area (Å²) in [6.07, 6.45) is 0. The summed E-state index contributed by atoms with van der Waals surface area (Å²) >= 11 is 6.03. The monoisotopic (exact) mass is 392 g/mol. The Balaban J connectivity index is 1.45. The molecule has 1 aromatic heterocycles. The number of nitrogens with zero attached hydrogens (tertiary/aromatic N) is 1. The third kappa shape index (κ3) is 4.15. The van der Waals surface area contributed by atoms with Crippen LogP contribution in [0.5, 0.6) is 5.75 Å². The average molecular weight is 393 g/mol. The molecule has 0 aliphatic rings. The van der Waals surface area contributed by atoms with Gasteiger partial charge in [0, 0.05) is 16.3 Å². The maximum absolute atomic E-state index is 12.2. The van der Waals surface area contributed by atoms with Gasteiger partial charge < -0.3 is 14.5 Å². The van der Waals surface area contributed by atoms with Crippen molar-refractivity contribution >= 4 is 34.3 Å². The molecule has 0 saturated carbocycles. The van der Waals surface area contributed by atoms with Crippen LogP contribution in [0.15, 0.2) is 71.1 Å². The number of aromatic nitrogens is 1. The Morgan fingerprint density at radius 1 is 1.11 bits per heavy atom. The van der Waals surface area contributed by atoms with E-state index in [0.29, 0.717) is 33.4 Å². The van der Waals surface area contributed by atoms with Gasteiger partial charge in [-0.15, -0.1) is 0 Å². The van der Waals surface area contributed by atoms with Crippen LogP contribution in [0.25, 0.3) is 22.6 Å². The van der Waals surface area contributed by atoms with E-state index in [1.807, 2.05) is 43.3 Å². The molecule has 0 aliphatic carbocycles. The fraction of sp³-hybridized carbons (Fsp3) is 0.0909. The molecule has 0 bridgehead atoms. The van der Waals surface area contributed by atoms with E-state index in [9.17, 15) is 4.79 Å². The Labute approximate surface area is 166 Å². The summed E-state index contributed by atoms with van der Waals surface area (Å²) < 4.78 is 11.3. The third-order valence-corrected chi connectivity index (χ3v) is 4.37. The summed E-state index contributed by atoms with van der Waals surface area (Å²) in [6.45, 7) is 1.92. The van der Waals surface area contributed by atoms with Crippen LogP contribution in [-0.4, -0.2) is 17.5 Å². The molecule has 0 spiro atoms. The largest absolute Gasteiger partial charge is 0.484 e. The van der Waals surface area contributed by atoms with Crippen molar-refractivity contribution in [2.75, 3.05) is 11.9 Å². The SMILES string of the molecule is Cc1ccc(OCC(=O)Nc2ccc3oc(-c4cccc(Cl)c4)nc3c2)cc1. The smallest absolute Gasteiger partial charge is 0.262 e. The van der Waals surface area contributed by atoms with Crippen molar-refractivity contribution < 1.29 is 13.9 Å². The number of carbonyl (C=O) groups excluding carboxylic acids is 1. The number of hydrogen-bond acceptors (Lipinski definition) is 4. The summed E-state index contributed by atoms with van der Waals surface area (Å²) in [5, 5.41) is 3.42. The summed E-state index contributed by atoms with van der Waals surface area (Å²) in [7, 11) is 0. The number of fused-ring (bicyclic) bond motifs is 1. The summed E-state index contributed by atoms with van der Waals surface area (Å²) in [5.41, 5.74) is 3.82. The van der Waals surface area contributed by atoms with E-state index in [4.69, 9.17) is 20.8 Å². The van der Waals surface area contributed by atoms with Gasteiger partial charge in [0.05, 0.1) is 0 Å². The van der Waals surface area contributed by atoms with Gasteiger partial charge in [-0.1, -0.05) is 35.4 Å². The highest BCUT2D eigenvalue weighted by Gasteiger charge is 2.11. The highest BCUT2D eigenvalue weighted by molar-refractivity contribution is 6.30. The highest BCUT2D eigenvalue weighted by atomic mass is 35.5. The number of anilines is 1. The lowest BCUT2D eigenvalue weighted by Crippen LogP contribution is -2.20. The van der Waals surface area contributed by atoms with Crippen molar-refractivity contribution in [3.05, 3.63) is 77.3 Å². The van der Waals surface area contributed by atoms with Gasteiger partial charge in [0.15, 0.2) is 12.2 Å². The van der Waals surface area contributed by atoms with E-state index in [-0.39, 0.29) is 12.5 Å². The molecule has 0 atom stereocenters. The molecule has 1 heterocycles. The van der Waals surface area contributed by atoms with Gasteiger partial charge in [-0.3, -0.25) is 4.79 Å². The minimum absolute atomic E-state index is 0.0757. The molecular formula is C22H17ClN2O3. The quantitative estimate of drug-likeness (QED) is 0.488. The van der Waals surface area contributed by atoms with Crippen molar-refractivity contribution in [1.29, 1.82) is 0 Å². The predicted octanol–water partition coefficient (Wildman–Crippen LogP) is 5.47. The molecule has 1 amide bonds. The fourth-order valence-corrected chi connectivity index (χ4v) is 2.92. The molecule has 0 unspecified atom stereocenters. The first-order valence-corrected chi connectivity index (χ1v) is 9.10. The number of halogens is 1. The van der Waals surface area contributed by atoms with Crippen LogP contribution in [0, 0.1) is 6.92 Å². The van der Waals surface area contributed by atoms with Crippen LogP contribution in [0.3, 0.4) is 0 Å². The number of oxazole rings is 1. The molecule has 3 aromatic carbocycles. The molecular weight excluding hydrogens is 376 g/mol. The number of ether oxygens (including phenoxy) is 1. The van der Waals surface area contributed by atoms with Gasteiger partial charge in [-0.2, -0.15) is 0 Å². The zero-order valence-electron chi connectivity index (χ0n) is 15.1. The van der Waals surface area contributed by atoms with Crippen molar-refractivity contribution in [1.82, 2.24) is 4.98 Å². The highest BCUT2D eigenvalue weighted by Crippen LogP contribution is 2.27. The number of rotatable bonds is 5. The summed E-state index contributed by atoms with van der Waals surface area (Å²) in [5.74, 6) is 0.876. The third-order valence-electron chi connectivity index (χ3n) is 4.13. The number of carbonyl (C=O) groups is 1. The zero-order chi connectivity index (χ0) is 19.5. The second kappa shape index (κ2) is 7.74. The maximum Gasteiger partial charge on any atom is 0.262 e. The topological polar surface area (TPSA) is 64.4 Å². The second-order valence-electron chi connectivity index (χ2n) is 6.36. The molecule has 0 radical (unpaired) electrons. The van der Waals surface area contributed by atoms with Crippen molar-refractivity contribution in [3.63, 3.8) is 0 Å². The molecule has 0 saturated heterocycles. The molecule has 0 fully saturated rings. The van der Waals surface area contributed by atoms with Gasteiger partial charge in [-0.05, 0) is 55.5 Å². The summed E-state index contributed by atoms with van der Waals surface area (Å²) in [4.78, 5) is 16.6. The number of benzene rings is 3. The molecule has 1 N–H and O–H groups in total. The van der Waals surface area contributed by atoms with E-state index < -0.39 is 0 Å². The van der Waals surface area contributed by atoms with E-state index >= 15 is 0 Å². The van der Waals surface area contributed by atoms with E-state index in [1.54, 1.807) is 30.3 Å². The fourth-order valence-electron chi connectivity index (χ4n) is 2.73. The Bertz CT molecular complexity index is 1140. The lowest BCUT2D eigenvalue weighted by atomic mass is 10.2. The molecule has 28 heavy (non-hydrogen) atoms. The Hall–Kier alpha value is -3.31. The van der Waals surface area contributed by atoms with E-state index in [1.165, 1.54) is 0 Å². The summed E-state index contributed by atoms with van der Waals surface area (Å²) in [6, 6.07) is 20.1. The number of amides is 1. The second-order valence-corrected chi connectivity index (χ2v) is 6.80. The standard InChI is InChI=1S/C22H17ClN2O3/c1-14-5-8-18(9-6-14)27-13-21(26)24-17-7-10-20-19(12-17)25-22(28-20)15-3-2-4-16(23)11-15/h2-12H,13H2,1H3,(H,24,26). The van der Waals surface area contributed by atoms with Crippen LogP contribution < -0.4 is 10.1 Å². The number of aryl methyl sites for hydroxylation is 1. The first kappa shape index (κ1) is 18.1. The molecule has 140 valence electrons. The number of nitrogens with one attached hydrogen (secondary N) is 1. The van der Waals surface area contributed by atoms with Gasteiger partial charge in [0.25, 0.3) is 5.91 Å². The van der Waals surface area contributed by atoms with E-state index in [2.05, 4.69) is 10.3 Å². The lowest BCUT2D eigenvalue weighted by molar-refractivity contribution is -0.118. The Morgan fingerprint density at radius 2 is 1.93 bits per heavy atom. The molecule has 5 nitrogen and oxygen atoms in total. The lowest BCUT2D eigenvalue weighted by Gasteiger charge is -2.07. The first-order valence-electron chi connectivity index (χ1n) is 8.73. The van der Waals surface area contributed by atoms with Crippen LogP contribution >= 0.6 is 11.6 Å². The van der Waals surface area contributed by atoms with Crippen LogP contribution in [0.1, 0.15) is 5.56 Å².